The van der Waals surface area contributed by atoms with E-state index in [0.29, 0.717) is 12.2 Å². The van der Waals surface area contributed by atoms with Crippen LogP contribution in [0.1, 0.15) is 12.8 Å². The maximum atomic E-state index is 5.74. The van der Waals surface area contributed by atoms with Crippen LogP contribution in [-0.2, 0) is 4.74 Å². The number of fused-ring (bicyclic) bond motifs is 1. The molecule has 0 aromatic heterocycles. The Balaban J connectivity index is 2.18. The Labute approximate surface area is 53.3 Å². The number of allylic oxidation sites excluding steroid dienone is 1. The van der Waals surface area contributed by atoms with E-state index in [1.54, 1.807) is 0 Å². The van der Waals surface area contributed by atoms with Crippen LogP contribution < -0.4 is 0 Å². The zero-order chi connectivity index (χ0) is 5.56. The second kappa shape index (κ2) is 1.49. The smallest absolute Gasteiger partial charge is 0.119 e. The second-order valence-corrected chi connectivity index (χ2v) is 2.70. The molecular weight excluding hydrogens is 124 g/mol. The highest BCUT2D eigenvalue weighted by Crippen LogP contribution is 2.38. The van der Waals surface area contributed by atoms with Gasteiger partial charge < -0.3 is 4.74 Å². The first-order valence-corrected chi connectivity index (χ1v) is 3.27. The van der Waals surface area contributed by atoms with Crippen molar-refractivity contribution in [3.05, 3.63) is 11.1 Å². The van der Waals surface area contributed by atoms with E-state index in [9.17, 15) is 0 Å². The van der Waals surface area contributed by atoms with E-state index in [-0.39, 0.29) is 0 Å². The third kappa shape index (κ3) is 0.583. The molecule has 2 aliphatic rings. The summed E-state index contributed by atoms with van der Waals surface area (Å²) in [6, 6.07) is 0. The fourth-order valence-electron chi connectivity index (χ4n) is 1.11. The quantitative estimate of drug-likeness (QED) is 0.455. The molecule has 1 saturated heterocycles. The fraction of sp³-hybridized carbons (Fsp3) is 0.667. The van der Waals surface area contributed by atoms with Crippen molar-refractivity contribution in [1.82, 2.24) is 0 Å². The molecule has 1 aliphatic carbocycles. The van der Waals surface area contributed by atoms with Crippen LogP contribution in [-0.4, -0.2) is 12.2 Å². The molecule has 0 amide bonds. The predicted octanol–water partition coefficient (Wildman–Crippen LogP) is 1.67. The van der Waals surface area contributed by atoms with Gasteiger partial charge in [0.2, 0.25) is 0 Å². The number of ether oxygens (including phenoxy) is 1. The topological polar surface area (TPSA) is 12.5 Å². The molecule has 8 heavy (non-hydrogen) atoms. The minimum absolute atomic E-state index is 0.297. The predicted molar refractivity (Wildman–Crippen MR) is 31.8 cm³/mol. The number of hydrogen-bond donors (Lipinski definition) is 0. The lowest BCUT2D eigenvalue weighted by atomic mass is 10.1. The molecule has 0 aromatic carbocycles. The highest BCUT2D eigenvalue weighted by molar-refractivity contribution is 6.30. The Morgan fingerprint density at radius 2 is 2.62 bits per heavy atom. The molecule has 1 aliphatic heterocycles. The van der Waals surface area contributed by atoms with Gasteiger partial charge in [-0.25, -0.2) is 0 Å². The molecule has 1 fully saturated rings. The minimum Gasteiger partial charge on any atom is -0.364 e. The Morgan fingerprint density at radius 3 is 3.25 bits per heavy atom. The second-order valence-electron chi connectivity index (χ2n) is 2.26. The zero-order valence-electron chi connectivity index (χ0n) is 4.43. The summed E-state index contributed by atoms with van der Waals surface area (Å²) in [7, 11) is 0. The number of epoxide rings is 1. The summed E-state index contributed by atoms with van der Waals surface area (Å²) < 4.78 is 5.19. The van der Waals surface area contributed by atoms with E-state index in [0.717, 1.165) is 11.5 Å². The first-order valence-electron chi connectivity index (χ1n) is 2.89. The Hall–Kier alpha value is -0.0100. The van der Waals surface area contributed by atoms with Crippen molar-refractivity contribution in [1.29, 1.82) is 0 Å². The molecule has 0 N–H and O–H groups in total. The van der Waals surface area contributed by atoms with Crippen LogP contribution in [0.15, 0.2) is 11.1 Å². The summed E-state index contributed by atoms with van der Waals surface area (Å²) in [6.45, 7) is 0. The summed E-state index contributed by atoms with van der Waals surface area (Å²) in [5.41, 5.74) is 0. The maximum absolute atomic E-state index is 5.74. The van der Waals surface area contributed by atoms with Gasteiger partial charge in [0.05, 0.1) is 6.10 Å². The lowest BCUT2D eigenvalue weighted by molar-refractivity contribution is 0.384. The lowest BCUT2D eigenvalue weighted by Crippen LogP contribution is -1.98. The lowest BCUT2D eigenvalue weighted by Gasteiger charge is -1.97. The van der Waals surface area contributed by atoms with Gasteiger partial charge in [-0.15, -0.1) is 0 Å². The highest BCUT2D eigenvalue weighted by atomic mass is 35.5. The first-order chi connectivity index (χ1) is 3.88. The summed E-state index contributed by atoms with van der Waals surface area (Å²) in [5.74, 6) is 0. The molecule has 2 rings (SSSR count). The van der Waals surface area contributed by atoms with Crippen molar-refractivity contribution in [2.75, 3.05) is 0 Å². The summed E-state index contributed by atoms with van der Waals surface area (Å²) in [4.78, 5) is 0. The monoisotopic (exact) mass is 130 g/mol. The number of hydrogen-bond acceptors (Lipinski definition) is 1. The van der Waals surface area contributed by atoms with Crippen molar-refractivity contribution >= 4 is 11.6 Å². The normalized spacial score (nSPS) is 42.9. The third-order valence-electron chi connectivity index (χ3n) is 1.64. The van der Waals surface area contributed by atoms with Gasteiger partial charge in [0.25, 0.3) is 0 Å². The third-order valence-corrected chi connectivity index (χ3v) is 2.01. The molecule has 0 spiro atoms. The van der Waals surface area contributed by atoms with Crippen molar-refractivity contribution in [3.8, 4) is 0 Å². The molecule has 0 radical (unpaired) electrons. The molecule has 2 atom stereocenters. The Bertz CT molecular complexity index is 141. The van der Waals surface area contributed by atoms with Crippen LogP contribution in [0.2, 0.25) is 0 Å². The molecule has 44 valence electrons. The molecule has 1 heterocycles. The fourth-order valence-corrected chi connectivity index (χ4v) is 1.41. The van der Waals surface area contributed by atoms with E-state index in [2.05, 4.69) is 6.08 Å². The first kappa shape index (κ1) is 4.83. The SMILES string of the molecule is ClC1=CCC[C@@H]2O[C@H]12. The van der Waals surface area contributed by atoms with Gasteiger partial charge in [0, 0.05) is 5.03 Å². The zero-order valence-corrected chi connectivity index (χ0v) is 5.19. The molecular formula is C6H7ClO. The maximum Gasteiger partial charge on any atom is 0.119 e. The molecule has 0 saturated carbocycles. The summed E-state index contributed by atoms with van der Waals surface area (Å²) >= 11 is 5.74. The van der Waals surface area contributed by atoms with E-state index < -0.39 is 0 Å². The Morgan fingerprint density at radius 1 is 1.75 bits per heavy atom. The van der Waals surface area contributed by atoms with Gasteiger partial charge in [-0.3, -0.25) is 0 Å². The van der Waals surface area contributed by atoms with Gasteiger partial charge in [-0.2, -0.15) is 0 Å². The molecule has 1 nitrogen and oxygen atoms in total. The molecule has 0 aromatic rings. The average Bonchev–Trinajstić information content (AvgIpc) is 2.45. The standard InChI is InChI=1S/C6H7ClO/c7-4-2-1-3-5-6(4)8-5/h2,5-6H,1,3H2/t5-,6+/m0/s1. The number of halogens is 1. The van der Waals surface area contributed by atoms with E-state index in [4.69, 9.17) is 16.3 Å². The Kier molecular flexibility index (Phi) is 0.897. The van der Waals surface area contributed by atoms with E-state index >= 15 is 0 Å². The van der Waals surface area contributed by atoms with Crippen molar-refractivity contribution in [3.63, 3.8) is 0 Å². The van der Waals surface area contributed by atoms with Crippen molar-refractivity contribution in [2.24, 2.45) is 0 Å². The largest absolute Gasteiger partial charge is 0.364 e. The van der Waals surface area contributed by atoms with Gasteiger partial charge in [-0.1, -0.05) is 17.7 Å². The highest BCUT2D eigenvalue weighted by Gasteiger charge is 2.42. The van der Waals surface area contributed by atoms with Gasteiger partial charge in [0.1, 0.15) is 6.10 Å². The summed E-state index contributed by atoms with van der Waals surface area (Å²) in [5, 5.41) is 0.918. The van der Waals surface area contributed by atoms with E-state index in [1.807, 2.05) is 0 Å². The minimum atomic E-state index is 0.297. The molecule has 2 heteroatoms. The van der Waals surface area contributed by atoms with Gasteiger partial charge in [0.15, 0.2) is 0 Å². The van der Waals surface area contributed by atoms with Crippen LogP contribution in [0.25, 0.3) is 0 Å². The van der Waals surface area contributed by atoms with Crippen LogP contribution >= 0.6 is 11.6 Å². The van der Waals surface area contributed by atoms with Crippen LogP contribution in [0, 0.1) is 0 Å². The van der Waals surface area contributed by atoms with Gasteiger partial charge >= 0.3 is 0 Å². The summed E-state index contributed by atoms with van der Waals surface area (Å²) in [6.07, 6.45) is 5.09. The molecule has 0 unspecified atom stereocenters. The van der Waals surface area contributed by atoms with E-state index in [1.165, 1.54) is 6.42 Å². The van der Waals surface area contributed by atoms with Crippen LogP contribution in [0.5, 0.6) is 0 Å². The van der Waals surface area contributed by atoms with Gasteiger partial charge in [-0.05, 0) is 12.8 Å². The van der Waals surface area contributed by atoms with Crippen molar-refractivity contribution in [2.45, 2.75) is 25.0 Å². The van der Waals surface area contributed by atoms with Crippen LogP contribution in [0.4, 0.5) is 0 Å². The van der Waals surface area contributed by atoms with Crippen LogP contribution in [0.3, 0.4) is 0 Å². The van der Waals surface area contributed by atoms with Crippen molar-refractivity contribution < 1.29 is 4.74 Å². The number of rotatable bonds is 0. The molecule has 0 bridgehead atoms. The average molecular weight is 131 g/mol.